The molecule has 1 fully saturated rings. The molecule has 0 bridgehead atoms. The summed E-state index contributed by atoms with van der Waals surface area (Å²) in [6.07, 6.45) is 3.73. The van der Waals surface area contributed by atoms with Crippen LogP contribution in [0.3, 0.4) is 0 Å². The summed E-state index contributed by atoms with van der Waals surface area (Å²) >= 11 is 0. The Balaban J connectivity index is 1.42. The monoisotopic (exact) mass is 403 g/mol. The Kier molecular flexibility index (Phi) is 4.66. The Hall–Kier alpha value is -3.33. The van der Waals surface area contributed by atoms with Crippen molar-refractivity contribution in [2.75, 3.05) is 43.4 Å². The van der Waals surface area contributed by atoms with E-state index in [2.05, 4.69) is 62.4 Å². The van der Waals surface area contributed by atoms with Gasteiger partial charge in [-0.1, -0.05) is 5.21 Å². The van der Waals surface area contributed by atoms with E-state index in [1.54, 1.807) is 0 Å². The van der Waals surface area contributed by atoms with Crippen LogP contribution in [0.15, 0.2) is 36.7 Å². The molecular weight excluding hydrogens is 378 g/mol. The molecule has 3 aromatic heterocycles. The third kappa shape index (κ3) is 3.41. The number of pyridine rings is 1. The molecule has 30 heavy (non-hydrogen) atoms. The van der Waals surface area contributed by atoms with Crippen molar-refractivity contribution < 1.29 is 0 Å². The molecule has 0 unspecified atom stereocenters. The van der Waals surface area contributed by atoms with Crippen LogP contribution in [0.1, 0.15) is 19.9 Å². The van der Waals surface area contributed by atoms with Crippen LogP contribution in [0.4, 0.5) is 17.5 Å². The lowest BCUT2D eigenvalue weighted by molar-refractivity contribution is 0.313. The number of hydrogen-bond donors (Lipinski definition) is 1. The van der Waals surface area contributed by atoms with Crippen LogP contribution in [0, 0.1) is 0 Å². The minimum absolute atomic E-state index is 0.191. The fraction of sp³-hybridized carbons (Fsp3) is 0.381. The second-order valence-electron chi connectivity index (χ2n) is 8.01. The fourth-order valence-electron chi connectivity index (χ4n) is 3.77. The summed E-state index contributed by atoms with van der Waals surface area (Å²) in [6, 6.07) is 8.19. The highest BCUT2D eigenvalue weighted by atomic mass is 15.4. The number of fused-ring (bicyclic) bond motifs is 3. The maximum atomic E-state index is 4.76. The first-order valence-electron chi connectivity index (χ1n) is 10.3. The van der Waals surface area contributed by atoms with Crippen LogP contribution >= 0.6 is 0 Å². The summed E-state index contributed by atoms with van der Waals surface area (Å²) < 4.78 is 1.90. The third-order valence-corrected chi connectivity index (χ3v) is 5.53. The van der Waals surface area contributed by atoms with E-state index in [1.165, 1.54) is 0 Å². The number of rotatable bonds is 4. The summed E-state index contributed by atoms with van der Waals surface area (Å²) in [5.41, 5.74) is 3.72. The molecule has 4 heterocycles. The van der Waals surface area contributed by atoms with E-state index in [4.69, 9.17) is 4.98 Å². The zero-order chi connectivity index (χ0) is 20.7. The van der Waals surface area contributed by atoms with Crippen molar-refractivity contribution in [2.45, 2.75) is 19.9 Å². The highest BCUT2D eigenvalue weighted by Crippen LogP contribution is 2.25. The second kappa shape index (κ2) is 7.49. The lowest BCUT2D eigenvalue weighted by atomic mass is 10.2. The van der Waals surface area contributed by atoms with Gasteiger partial charge in [-0.05, 0) is 45.2 Å². The van der Waals surface area contributed by atoms with E-state index in [1.807, 2.05) is 35.3 Å². The van der Waals surface area contributed by atoms with Crippen LogP contribution in [0.25, 0.3) is 21.9 Å². The van der Waals surface area contributed by atoms with Gasteiger partial charge in [0.15, 0.2) is 0 Å². The first-order valence-corrected chi connectivity index (χ1v) is 10.3. The topological polar surface area (TPSA) is 87.9 Å². The molecule has 9 nitrogen and oxygen atoms in total. The summed E-state index contributed by atoms with van der Waals surface area (Å²) in [7, 11) is 2.16. The number of benzene rings is 1. The van der Waals surface area contributed by atoms with Crippen molar-refractivity contribution in [3.63, 3.8) is 0 Å². The Morgan fingerprint density at radius 1 is 0.967 bits per heavy atom. The van der Waals surface area contributed by atoms with Crippen LogP contribution in [0.2, 0.25) is 0 Å². The molecule has 1 aliphatic heterocycles. The van der Waals surface area contributed by atoms with E-state index in [9.17, 15) is 0 Å². The zero-order valence-electron chi connectivity index (χ0n) is 17.4. The van der Waals surface area contributed by atoms with Crippen LogP contribution < -0.4 is 10.2 Å². The number of hydrogen-bond acceptors (Lipinski definition) is 8. The molecule has 1 aromatic carbocycles. The molecule has 0 atom stereocenters. The van der Waals surface area contributed by atoms with E-state index < -0.39 is 0 Å². The normalized spacial score (nSPS) is 15.4. The van der Waals surface area contributed by atoms with Gasteiger partial charge in [-0.25, -0.2) is 19.6 Å². The number of aromatic nitrogens is 6. The molecule has 0 spiro atoms. The SMILES string of the molecule is CC(C)n1nnc2ccc3cnc(Nc4ccc(N5CCN(C)CC5)cn4)nc3c21. The largest absolute Gasteiger partial charge is 0.368 e. The zero-order valence-corrected chi connectivity index (χ0v) is 17.4. The Morgan fingerprint density at radius 3 is 2.53 bits per heavy atom. The highest BCUT2D eigenvalue weighted by Gasteiger charge is 2.15. The fourth-order valence-corrected chi connectivity index (χ4v) is 3.77. The van der Waals surface area contributed by atoms with Crippen molar-refractivity contribution in [1.29, 1.82) is 0 Å². The lowest BCUT2D eigenvalue weighted by Crippen LogP contribution is -2.44. The average molecular weight is 403 g/mol. The van der Waals surface area contributed by atoms with Crippen molar-refractivity contribution in [3.05, 3.63) is 36.7 Å². The second-order valence-corrected chi connectivity index (χ2v) is 8.01. The van der Waals surface area contributed by atoms with E-state index in [-0.39, 0.29) is 6.04 Å². The molecule has 1 aliphatic rings. The van der Waals surface area contributed by atoms with Gasteiger partial charge in [0.25, 0.3) is 0 Å². The molecule has 0 saturated carbocycles. The van der Waals surface area contributed by atoms with Crippen LogP contribution in [-0.2, 0) is 0 Å². The van der Waals surface area contributed by atoms with Crippen LogP contribution in [0.5, 0.6) is 0 Å². The molecular formula is C21H25N9. The molecule has 0 aliphatic carbocycles. The lowest BCUT2D eigenvalue weighted by Gasteiger charge is -2.33. The van der Waals surface area contributed by atoms with E-state index >= 15 is 0 Å². The van der Waals surface area contributed by atoms with Crippen molar-refractivity contribution in [1.82, 2.24) is 34.8 Å². The van der Waals surface area contributed by atoms with Gasteiger partial charge in [-0.3, -0.25) is 0 Å². The van der Waals surface area contributed by atoms with E-state index in [0.29, 0.717) is 5.95 Å². The number of anilines is 3. The Labute approximate surface area is 174 Å². The first-order chi connectivity index (χ1) is 14.6. The van der Waals surface area contributed by atoms with Crippen molar-refractivity contribution >= 4 is 39.4 Å². The van der Waals surface area contributed by atoms with Gasteiger partial charge < -0.3 is 15.1 Å². The van der Waals surface area contributed by atoms with Crippen molar-refractivity contribution in [3.8, 4) is 0 Å². The molecule has 154 valence electrons. The molecule has 0 radical (unpaired) electrons. The maximum Gasteiger partial charge on any atom is 0.228 e. The van der Waals surface area contributed by atoms with Gasteiger partial charge in [0, 0.05) is 43.8 Å². The Morgan fingerprint density at radius 2 is 1.80 bits per heavy atom. The van der Waals surface area contributed by atoms with Gasteiger partial charge >= 0.3 is 0 Å². The first kappa shape index (κ1) is 18.7. The molecule has 5 rings (SSSR count). The van der Waals surface area contributed by atoms with Gasteiger partial charge in [0.1, 0.15) is 22.4 Å². The van der Waals surface area contributed by atoms with E-state index in [0.717, 1.165) is 59.6 Å². The minimum Gasteiger partial charge on any atom is -0.368 e. The molecule has 0 amide bonds. The van der Waals surface area contributed by atoms with Crippen LogP contribution in [-0.4, -0.2) is 68.1 Å². The van der Waals surface area contributed by atoms with Gasteiger partial charge in [0.2, 0.25) is 5.95 Å². The predicted octanol–water partition coefficient (Wildman–Crippen LogP) is 2.85. The standard InChI is InChI=1S/C21H25N9/c1-14(2)30-20-17(26-27-30)6-4-15-12-23-21(25-19(15)20)24-18-7-5-16(13-22-18)29-10-8-28(3)9-11-29/h4-7,12-14H,8-11H2,1-3H3,(H,22,23,24,25). The smallest absolute Gasteiger partial charge is 0.228 e. The molecule has 4 aromatic rings. The molecule has 9 heteroatoms. The number of piperazine rings is 1. The summed E-state index contributed by atoms with van der Waals surface area (Å²) in [5.74, 6) is 1.22. The van der Waals surface area contributed by atoms with Gasteiger partial charge in [0.05, 0.1) is 11.9 Å². The minimum atomic E-state index is 0.191. The highest BCUT2D eigenvalue weighted by molar-refractivity contribution is 6.01. The third-order valence-electron chi connectivity index (χ3n) is 5.53. The maximum absolute atomic E-state index is 4.76. The summed E-state index contributed by atoms with van der Waals surface area (Å²) in [4.78, 5) is 18.5. The number of nitrogens with one attached hydrogen (secondary N) is 1. The van der Waals surface area contributed by atoms with Crippen molar-refractivity contribution in [2.24, 2.45) is 0 Å². The number of likely N-dealkylation sites (N-methyl/N-ethyl adjacent to an activating group) is 1. The number of nitrogens with zero attached hydrogens (tertiary/aromatic N) is 8. The quantitative estimate of drug-likeness (QED) is 0.557. The Bertz CT molecular complexity index is 1170. The van der Waals surface area contributed by atoms with Gasteiger partial charge in [-0.15, -0.1) is 5.10 Å². The molecule has 1 N–H and O–H groups in total. The average Bonchev–Trinajstić information content (AvgIpc) is 3.20. The summed E-state index contributed by atoms with van der Waals surface area (Å²) in [6.45, 7) is 8.35. The molecule has 1 saturated heterocycles. The van der Waals surface area contributed by atoms with Gasteiger partial charge in [-0.2, -0.15) is 0 Å². The predicted molar refractivity (Wildman–Crippen MR) is 118 cm³/mol. The summed E-state index contributed by atoms with van der Waals surface area (Å²) in [5, 5.41) is 12.7.